The molecule has 1 heterocycles. The Hall–Kier alpha value is -2.44. The summed E-state index contributed by atoms with van der Waals surface area (Å²) < 4.78 is 32.6. The molecule has 5 nitrogen and oxygen atoms in total. The van der Waals surface area contributed by atoms with Gasteiger partial charge in [-0.2, -0.15) is 13.5 Å². The number of nitrogens with zero attached hydrogens (tertiary/aromatic N) is 2. The van der Waals surface area contributed by atoms with Crippen molar-refractivity contribution in [3.05, 3.63) is 66.9 Å². The van der Waals surface area contributed by atoms with E-state index in [9.17, 15) is 8.42 Å². The normalized spacial score (nSPS) is 11.5. The summed E-state index contributed by atoms with van der Waals surface area (Å²) in [6.07, 6.45) is 1.80. The van der Waals surface area contributed by atoms with Crippen molar-refractivity contribution in [2.24, 2.45) is 0 Å². The molecule has 0 spiro atoms. The molecule has 1 N–H and O–H groups in total. The summed E-state index contributed by atoms with van der Waals surface area (Å²) in [7, 11) is -4.17. The molecule has 106 valence electrons. The van der Waals surface area contributed by atoms with Gasteiger partial charge in [0.1, 0.15) is 0 Å². The van der Waals surface area contributed by atoms with Crippen molar-refractivity contribution in [2.75, 3.05) is 0 Å². The Bertz CT molecular complexity index is 853. The average molecular weight is 300 g/mol. The molecule has 0 atom stereocenters. The fraction of sp³-hybridized carbons (Fsp3) is 0. The minimum atomic E-state index is -4.17. The second-order valence-corrected chi connectivity index (χ2v) is 5.90. The molecule has 1 aromatic heterocycles. The van der Waals surface area contributed by atoms with E-state index >= 15 is 0 Å². The predicted molar refractivity (Wildman–Crippen MR) is 78.8 cm³/mol. The van der Waals surface area contributed by atoms with Gasteiger partial charge >= 0.3 is 0 Å². The highest BCUT2D eigenvalue weighted by Gasteiger charge is 2.09. The van der Waals surface area contributed by atoms with Gasteiger partial charge in [-0.05, 0) is 30.3 Å². The van der Waals surface area contributed by atoms with Crippen LogP contribution in [-0.2, 0) is 10.1 Å². The van der Waals surface area contributed by atoms with Gasteiger partial charge in [0.15, 0.2) is 0 Å². The Kier molecular flexibility index (Phi) is 3.32. The molecule has 0 bridgehead atoms. The minimum absolute atomic E-state index is 0.137. The van der Waals surface area contributed by atoms with Gasteiger partial charge in [-0.15, -0.1) is 0 Å². The highest BCUT2D eigenvalue weighted by atomic mass is 32.2. The number of rotatable bonds is 3. The van der Waals surface area contributed by atoms with Gasteiger partial charge in [-0.25, -0.2) is 4.68 Å². The van der Waals surface area contributed by atoms with E-state index < -0.39 is 10.1 Å². The van der Waals surface area contributed by atoms with E-state index in [1.54, 1.807) is 23.0 Å². The fourth-order valence-electron chi connectivity index (χ4n) is 2.00. The van der Waals surface area contributed by atoms with E-state index in [1.165, 1.54) is 12.1 Å². The number of aromatic nitrogens is 2. The SMILES string of the molecule is O=S(=O)(O)c1ccc(-n2ccc(-c3ccccc3)n2)cc1. The third-order valence-electron chi connectivity index (χ3n) is 3.06. The van der Waals surface area contributed by atoms with Crippen molar-refractivity contribution in [3.63, 3.8) is 0 Å². The van der Waals surface area contributed by atoms with Crippen LogP contribution in [0.3, 0.4) is 0 Å². The Morgan fingerprint density at radius 1 is 0.905 bits per heavy atom. The first-order chi connectivity index (χ1) is 10.0. The van der Waals surface area contributed by atoms with Gasteiger partial charge < -0.3 is 0 Å². The summed E-state index contributed by atoms with van der Waals surface area (Å²) in [4.78, 5) is -0.137. The average Bonchev–Trinajstić information content (AvgIpc) is 2.97. The molecule has 0 fully saturated rings. The van der Waals surface area contributed by atoms with Gasteiger partial charge in [0.05, 0.1) is 16.3 Å². The first kappa shape index (κ1) is 13.5. The van der Waals surface area contributed by atoms with Gasteiger partial charge in [-0.1, -0.05) is 30.3 Å². The quantitative estimate of drug-likeness (QED) is 0.755. The largest absolute Gasteiger partial charge is 0.294 e. The zero-order valence-electron chi connectivity index (χ0n) is 10.9. The molecule has 21 heavy (non-hydrogen) atoms. The minimum Gasteiger partial charge on any atom is -0.282 e. The van der Waals surface area contributed by atoms with Crippen molar-refractivity contribution < 1.29 is 13.0 Å². The lowest BCUT2D eigenvalue weighted by Crippen LogP contribution is -1.99. The van der Waals surface area contributed by atoms with Crippen molar-refractivity contribution in [1.82, 2.24) is 9.78 Å². The molecular formula is C15H12N2O3S. The lowest BCUT2D eigenvalue weighted by atomic mass is 10.2. The first-order valence-corrected chi connectivity index (χ1v) is 7.67. The summed E-state index contributed by atoms with van der Waals surface area (Å²) in [5.41, 5.74) is 2.55. The highest BCUT2D eigenvalue weighted by molar-refractivity contribution is 7.85. The van der Waals surface area contributed by atoms with E-state index in [0.717, 1.165) is 11.3 Å². The van der Waals surface area contributed by atoms with Gasteiger partial charge in [0, 0.05) is 11.8 Å². The molecule has 2 aromatic carbocycles. The number of hydrogen-bond acceptors (Lipinski definition) is 3. The molecule has 0 saturated heterocycles. The molecule has 3 rings (SSSR count). The van der Waals surface area contributed by atoms with Crippen LogP contribution in [0.1, 0.15) is 0 Å². The van der Waals surface area contributed by atoms with Crippen LogP contribution in [0.5, 0.6) is 0 Å². The van der Waals surface area contributed by atoms with Gasteiger partial charge in [0.2, 0.25) is 0 Å². The second kappa shape index (κ2) is 5.16. The van der Waals surface area contributed by atoms with Crippen molar-refractivity contribution in [2.45, 2.75) is 4.90 Å². The fourth-order valence-corrected chi connectivity index (χ4v) is 2.48. The standard InChI is InChI=1S/C15H12N2O3S/c18-21(19,20)14-8-6-13(7-9-14)17-11-10-15(16-17)12-4-2-1-3-5-12/h1-11H,(H,18,19,20). The maximum atomic E-state index is 11.0. The molecule has 0 aliphatic rings. The lowest BCUT2D eigenvalue weighted by molar-refractivity contribution is 0.483. The van der Waals surface area contributed by atoms with Crippen LogP contribution in [0, 0.1) is 0 Å². The van der Waals surface area contributed by atoms with Crippen LogP contribution in [0.25, 0.3) is 16.9 Å². The van der Waals surface area contributed by atoms with E-state index in [0.29, 0.717) is 5.69 Å². The summed E-state index contributed by atoms with van der Waals surface area (Å²) in [6, 6.07) is 17.5. The monoisotopic (exact) mass is 300 g/mol. The number of hydrogen-bond donors (Lipinski definition) is 1. The Labute approximate surface area is 122 Å². The van der Waals surface area contributed by atoms with Crippen molar-refractivity contribution in [1.29, 1.82) is 0 Å². The van der Waals surface area contributed by atoms with Crippen molar-refractivity contribution in [3.8, 4) is 16.9 Å². The Balaban J connectivity index is 1.94. The maximum Gasteiger partial charge on any atom is 0.294 e. The van der Waals surface area contributed by atoms with Crippen LogP contribution in [0.2, 0.25) is 0 Å². The third kappa shape index (κ3) is 2.86. The van der Waals surface area contributed by atoms with Gasteiger partial charge in [0.25, 0.3) is 10.1 Å². The molecule has 3 aromatic rings. The maximum absolute atomic E-state index is 11.0. The van der Waals surface area contributed by atoms with E-state index in [-0.39, 0.29) is 4.90 Å². The van der Waals surface area contributed by atoms with E-state index in [2.05, 4.69) is 5.10 Å². The van der Waals surface area contributed by atoms with E-state index in [1.807, 2.05) is 36.4 Å². The smallest absolute Gasteiger partial charge is 0.282 e. The number of benzene rings is 2. The van der Waals surface area contributed by atoms with Crippen LogP contribution >= 0.6 is 0 Å². The van der Waals surface area contributed by atoms with Crippen LogP contribution in [-0.4, -0.2) is 22.8 Å². The molecule has 0 saturated carbocycles. The first-order valence-electron chi connectivity index (χ1n) is 6.23. The Morgan fingerprint density at radius 2 is 1.57 bits per heavy atom. The summed E-state index contributed by atoms with van der Waals surface area (Å²) >= 11 is 0. The van der Waals surface area contributed by atoms with Crippen molar-refractivity contribution >= 4 is 10.1 Å². The zero-order valence-corrected chi connectivity index (χ0v) is 11.7. The predicted octanol–water partition coefficient (Wildman–Crippen LogP) is 2.79. The summed E-state index contributed by atoms with van der Waals surface area (Å²) in [5.74, 6) is 0. The van der Waals surface area contributed by atoms with Crippen LogP contribution < -0.4 is 0 Å². The molecule has 0 radical (unpaired) electrons. The molecule has 0 aliphatic heterocycles. The molecule has 0 amide bonds. The van der Waals surface area contributed by atoms with Crippen LogP contribution in [0.4, 0.5) is 0 Å². The van der Waals surface area contributed by atoms with Gasteiger partial charge in [-0.3, -0.25) is 4.55 Å². The third-order valence-corrected chi connectivity index (χ3v) is 3.93. The molecule has 6 heteroatoms. The highest BCUT2D eigenvalue weighted by Crippen LogP contribution is 2.19. The topological polar surface area (TPSA) is 72.2 Å². The second-order valence-electron chi connectivity index (χ2n) is 4.48. The summed E-state index contributed by atoms with van der Waals surface area (Å²) in [5, 5.41) is 4.45. The zero-order chi connectivity index (χ0) is 14.9. The molecule has 0 unspecified atom stereocenters. The van der Waals surface area contributed by atoms with Crippen LogP contribution in [0.15, 0.2) is 71.8 Å². The lowest BCUT2D eigenvalue weighted by Gasteiger charge is -2.02. The molecular weight excluding hydrogens is 288 g/mol. The summed E-state index contributed by atoms with van der Waals surface area (Å²) in [6.45, 7) is 0. The molecule has 0 aliphatic carbocycles. The Morgan fingerprint density at radius 3 is 2.19 bits per heavy atom. The van der Waals surface area contributed by atoms with E-state index in [4.69, 9.17) is 4.55 Å².